The molecule has 7 nitrogen and oxygen atoms in total. The van der Waals surface area contributed by atoms with Gasteiger partial charge in [-0.3, -0.25) is 9.13 Å². The summed E-state index contributed by atoms with van der Waals surface area (Å²) < 4.78 is 22.3. The molecule has 0 aliphatic carbocycles. The minimum atomic E-state index is -3.20. The van der Waals surface area contributed by atoms with Crippen molar-refractivity contribution in [2.45, 2.75) is 13.2 Å². The van der Waals surface area contributed by atoms with Crippen LogP contribution in [0.2, 0.25) is 0 Å². The molecule has 70 valence electrons. The number of aliphatic hydroxyl groups excluding tert-OH is 1. The highest BCUT2D eigenvalue weighted by molar-refractivity contribution is 7.46. The SMILES string of the molecule is CC(O)O.O=[PH](O)O[PH](=O)O. The first-order valence-electron chi connectivity index (χ1n) is 2.36. The van der Waals surface area contributed by atoms with Crippen molar-refractivity contribution in [1.29, 1.82) is 0 Å². The molecule has 0 amide bonds. The molecular formula is C2H10O7P2. The lowest BCUT2D eigenvalue weighted by Crippen LogP contribution is -1.92. The van der Waals surface area contributed by atoms with E-state index in [1.807, 2.05) is 0 Å². The van der Waals surface area contributed by atoms with E-state index >= 15 is 0 Å². The Morgan fingerprint density at radius 2 is 1.36 bits per heavy atom. The molecule has 0 aliphatic rings. The molecule has 0 spiro atoms. The number of hydrogen-bond acceptors (Lipinski definition) is 5. The zero-order valence-corrected chi connectivity index (χ0v) is 7.59. The Bertz CT molecular complexity index is 118. The highest BCUT2D eigenvalue weighted by Gasteiger charge is 1.93. The minimum Gasteiger partial charge on any atom is -0.368 e. The molecular weight excluding hydrogens is 198 g/mol. The van der Waals surface area contributed by atoms with Crippen LogP contribution < -0.4 is 0 Å². The summed E-state index contributed by atoms with van der Waals surface area (Å²) in [6.45, 7) is 1.28. The molecule has 0 heterocycles. The highest BCUT2D eigenvalue weighted by atomic mass is 31.2. The molecule has 0 radical (unpaired) electrons. The zero-order valence-electron chi connectivity index (χ0n) is 5.59. The second-order valence-electron chi connectivity index (χ2n) is 1.27. The number of aliphatic hydroxyl groups is 2. The van der Waals surface area contributed by atoms with Gasteiger partial charge in [0.1, 0.15) is 6.29 Å². The normalized spacial score (nSPS) is 15.1. The second-order valence-corrected chi connectivity index (χ2v) is 3.15. The molecule has 4 N–H and O–H groups in total. The third-order valence-corrected chi connectivity index (χ3v) is 1.57. The topological polar surface area (TPSA) is 124 Å². The van der Waals surface area contributed by atoms with Crippen LogP contribution in [0.15, 0.2) is 0 Å². The lowest BCUT2D eigenvalue weighted by Gasteiger charge is -1.86. The van der Waals surface area contributed by atoms with Crippen LogP contribution in [0.5, 0.6) is 0 Å². The Labute approximate surface area is 64.2 Å². The van der Waals surface area contributed by atoms with Gasteiger partial charge in [-0.2, -0.15) is 0 Å². The highest BCUT2D eigenvalue weighted by Crippen LogP contribution is 2.30. The van der Waals surface area contributed by atoms with Crippen molar-refractivity contribution in [3.63, 3.8) is 0 Å². The molecule has 11 heavy (non-hydrogen) atoms. The van der Waals surface area contributed by atoms with Gasteiger partial charge < -0.3 is 20.0 Å². The van der Waals surface area contributed by atoms with Gasteiger partial charge in [0, 0.05) is 0 Å². The number of hydrogen-bond donors (Lipinski definition) is 4. The standard InChI is InChI=1S/C2H6O2.H4O5P2/c1-2(3)4;1-6(2)5-7(3)4/h2-4H,1H3;6-7H,(H,1,2)(H,3,4). The maximum atomic E-state index is 9.44. The molecule has 0 rings (SSSR count). The van der Waals surface area contributed by atoms with Crippen LogP contribution in [0.3, 0.4) is 0 Å². The van der Waals surface area contributed by atoms with Crippen molar-refractivity contribution < 1.29 is 33.4 Å². The lowest BCUT2D eigenvalue weighted by atomic mass is 10.8. The fourth-order valence-electron chi connectivity index (χ4n) is 0.0747. The molecule has 0 aliphatic heterocycles. The van der Waals surface area contributed by atoms with E-state index in [1.54, 1.807) is 0 Å². The number of rotatable bonds is 2. The van der Waals surface area contributed by atoms with Crippen molar-refractivity contribution >= 4 is 16.5 Å². The van der Waals surface area contributed by atoms with Crippen molar-refractivity contribution in [3.05, 3.63) is 0 Å². The van der Waals surface area contributed by atoms with Gasteiger partial charge in [-0.25, -0.2) is 4.31 Å². The molecule has 0 saturated carbocycles. The van der Waals surface area contributed by atoms with E-state index in [9.17, 15) is 9.13 Å². The molecule has 2 unspecified atom stereocenters. The van der Waals surface area contributed by atoms with Crippen LogP contribution in [0.25, 0.3) is 0 Å². The average Bonchev–Trinajstić information content (AvgIpc) is 1.56. The minimum absolute atomic E-state index is 1.17. The van der Waals surface area contributed by atoms with E-state index in [0.717, 1.165) is 0 Å². The molecule has 2 atom stereocenters. The Hall–Kier alpha value is 0.260. The largest absolute Gasteiger partial charge is 0.368 e. The fourth-order valence-corrected chi connectivity index (χ4v) is 0.672. The van der Waals surface area contributed by atoms with Crippen LogP contribution >= 0.6 is 16.5 Å². The Morgan fingerprint density at radius 1 is 1.18 bits per heavy atom. The Morgan fingerprint density at radius 3 is 1.36 bits per heavy atom. The molecule has 0 fully saturated rings. The predicted octanol–water partition coefficient (Wildman–Crippen LogP) is -0.916. The monoisotopic (exact) mass is 208 g/mol. The van der Waals surface area contributed by atoms with Gasteiger partial charge >= 0.3 is 16.5 Å². The fraction of sp³-hybridized carbons (Fsp3) is 1.00. The summed E-state index contributed by atoms with van der Waals surface area (Å²) in [6.07, 6.45) is -1.17. The molecule has 0 bridgehead atoms. The van der Waals surface area contributed by atoms with E-state index in [0.29, 0.717) is 0 Å². The van der Waals surface area contributed by atoms with Gasteiger partial charge in [-0.1, -0.05) is 0 Å². The van der Waals surface area contributed by atoms with Crippen molar-refractivity contribution in [3.8, 4) is 0 Å². The van der Waals surface area contributed by atoms with Gasteiger partial charge in [0.05, 0.1) is 0 Å². The van der Waals surface area contributed by atoms with Crippen molar-refractivity contribution in [1.82, 2.24) is 0 Å². The van der Waals surface area contributed by atoms with Gasteiger partial charge in [0.15, 0.2) is 0 Å². The summed E-state index contributed by atoms with van der Waals surface area (Å²) in [5, 5.41) is 15.2. The smallest absolute Gasteiger partial charge is 0.323 e. The second kappa shape index (κ2) is 8.36. The van der Waals surface area contributed by atoms with Gasteiger partial charge in [0.2, 0.25) is 0 Å². The Balaban J connectivity index is 0. The van der Waals surface area contributed by atoms with E-state index in [1.165, 1.54) is 6.92 Å². The third kappa shape index (κ3) is 38.6. The maximum absolute atomic E-state index is 9.44. The maximum Gasteiger partial charge on any atom is 0.323 e. The Kier molecular flexibility index (Phi) is 10.5. The summed E-state index contributed by atoms with van der Waals surface area (Å²) in [5.41, 5.74) is 0. The first-order chi connectivity index (χ1) is 4.86. The van der Waals surface area contributed by atoms with Gasteiger partial charge in [0.25, 0.3) is 0 Å². The van der Waals surface area contributed by atoms with Crippen LogP contribution in [-0.2, 0) is 13.4 Å². The van der Waals surface area contributed by atoms with Gasteiger partial charge in [-0.15, -0.1) is 0 Å². The van der Waals surface area contributed by atoms with Crippen LogP contribution in [0.1, 0.15) is 6.92 Å². The summed E-state index contributed by atoms with van der Waals surface area (Å²) in [4.78, 5) is 15.4. The molecule has 0 aromatic carbocycles. The summed E-state index contributed by atoms with van der Waals surface area (Å²) in [6, 6.07) is 0. The summed E-state index contributed by atoms with van der Waals surface area (Å²) in [7, 11) is -6.40. The van der Waals surface area contributed by atoms with Crippen molar-refractivity contribution in [2.75, 3.05) is 0 Å². The third-order valence-electron chi connectivity index (χ3n) is 0.175. The quantitative estimate of drug-likeness (QED) is 0.341. The average molecular weight is 208 g/mol. The van der Waals surface area contributed by atoms with Crippen LogP contribution in [0, 0.1) is 0 Å². The zero-order chi connectivity index (χ0) is 9.44. The lowest BCUT2D eigenvalue weighted by molar-refractivity contribution is -0.0228. The van der Waals surface area contributed by atoms with Gasteiger partial charge in [-0.05, 0) is 6.92 Å². The predicted molar refractivity (Wildman–Crippen MR) is 37.4 cm³/mol. The van der Waals surface area contributed by atoms with Crippen LogP contribution in [-0.4, -0.2) is 26.3 Å². The molecule has 9 heteroatoms. The molecule has 0 aromatic heterocycles. The summed E-state index contributed by atoms with van der Waals surface area (Å²) >= 11 is 0. The van der Waals surface area contributed by atoms with Crippen LogP contribution in [0.4, 0.5) is 0 Å². The van der Waals surface area contributed by atoms with Crippen molar-refractivity contribution in [2.24, 2.45) is 0 Å². The van der Waals surface area contributed by atoms with E-state index in [-0.39, 0.29) is 0 Å². The van der Waals surface area contributed by atoms with E-state index in [4.69, 9.17) is 20.0 Å². The molecule has 0 saturated heterocycles. The molecule has 0 aromatic rings. The first kappa shape index (κ1) is 13.8. The first-order valence-corrected chi connectivity index (χ1v) is 4.88. The van der Waals surface area contributed by atoms with E-state index < -0.39 is 22.8 Å². The van der Waals surface area contributed by atoms with E-state index in [2.05, 4.69) is 4.31 Å². The summed E-state index contributed by atoms with van der Waals surface area (Å²) in [5.74, 6) is 0.